The zero-order chi connectivity index (χ0) is 13.0. The van der Waals surface area contributed by atoms with Gasteiger partial charge >= 0.3 is 0 Å². The number of benzene rings is 1. The van der Waals surface area contributed by atoms with Crippen LogP contribution in [0.4, 0.5) is 4.39 Å². The molecular formula is C14H18FNOS. The molecule has 1 aliphatic heterocycles. The molecule has 4 heteroatoms. The largest absolute Gasteiger partial charge is 0.342 e. The van der Waals surface area contributed by atoms with Crippen LogP contribution in [0.2, 0.25) is 0 Å². The fraction of sp³-hybridized carbons (Fsp3) is 0.500. The third-order valence-electron chi connectivity index (χ3n) is 3.25. The second-order valence-electron chi connectivity index (χ2n) is 4.40. The molecule has 0 N–H and O–H groups in total. The first kappa shape index (κ1) is 13.4. The number of amides is 1. The molecule has 0 saturated carbocycles. The van der Waals surface area contributed by atoms with Crippen LogP contribution in [0, 0.1) is 5.82 Å². The summed E-state index contributed by atoms with van der Waals surface area (Å²) >= 11 is 1.75. The highest BCUT2D eigenvalue weighted by molar-refractivity contribution is 7.99. The molecule has 1 aliphatic rings. The van der Waals surface area contributed by atoms with E-state index in [2.05, 4.69) is 0 Å². The molecule has 0 aromatic heterocycles. The minimum atomic E-state index is -0.134. The molecule has 1 atom stereocenters. The predicted octanol–water partition coefficient (Wildman–Crippen LogP) is 3.24. The van der Waals surface area contributed by atoms with Crippen LogP contribution in [-0.4, -0.2) is 29.6 Å². The number of carbonyl (C=O) groups excluding carboxylic acids is 1. The molecule has 18 heavy (non-hydrogen) atoms. The lowest BCUT2D eigenvalue weighted by Gasteiger charge is -2.19. The molecule has 1 unspecified atom stereocenters. The molecule has 98 valence electrons. The Hall–Kier alpha value is -1.03. The van der Waals surface area contributed by atoms with Crippen molar-refractivity contribution in [1.29, 1.82) is 0 Å². The number of thioether (sulfide) groups is 1. The van der Waals surface area contributed by atoms with Gasteiger partial charge in [0.15, 0.2) is 0 Å². The Morgan fingerprint density at radius 3 is 2.94 bits per heavy atom. The first-order valence-corrected chi connectivity index (χ1v) is 7.41. The van der Waals surface area contributed by atoms with Crippen LogP contribution < -0.4 is 0 Å². The van der Waals surface area contributed by atoms with E-state index in [1.807, 2.05) is 24.0 Å². The zero-order valence-corrected chi connectivity index (χ0v) is 11.4. The van der Waals surface area contributed by atoms with Gasteiger partial charge in [-0.15, -0.1) is 0 Å². The third-order valence-corrected chi connectivity index (χ3v) is 4.56. The number of nitrogens with zero attached hydrogens (tertiary/aromatic N) is 1. The van der Waals surface area contributed by atoms with Gasteiger partial charge in [-0.05, 0) is 12.5 Å². The summed E-state index contributed by atoms with van der Waals surface area (Å²) in [7, 11) is 0. The summed E-state index contributed by atoms with van der Waals surface area (Å²) in [6.07, 6.45) is 1.38. The Morgan fingerprint density at radius 1 is 1.44 bits per heavy atom. The van der Waals surface area contributed by atoms with Crippen LogP contribution in [0.3, 0.4) is 0 Å². The standard InChI is InChI=1S/C14H18FNOS/c1-2-14(17)16-8-7-13(18-10-9-16)11-5-3-4-6-12(11)15/h3-6,13H,2,7-10H2,1H3. The lowest BCUT2D eigenvalue weighted by Crippen LogP contribution is -2.32. The molecule has 1 saturated heterocycles. The zero-order valence-electron chi connectivity index (χ0n) is 10.6. The molecule has 1 aromatic carbocycles. The second kappa shape index (κ2) is 6.23. The molecule has 1 aromatic rings. The van der Waals surface area contributed by atoms with Crippen molar-refractivity contribution in [3.8, 4) is 0 Å². The molecular weight excluding hydrogens is 249 g/mol. The second-order valence-corrected chi connectivity index (χ2v) is 5.71. The summed E-state index contributed by atoms with van der Waals surface area (Å²) < 4.78 is 13.7. The van der Waals surface area contributed by atoms with E-state index in [0.29, 0.717) is 6.42 Å². The maximum Gasteiger partial charge on any atom is 0.222 e. The summed E-state index contributed by atoms with van der Waals surface area (Å²) in [5.74, 6) is 0.945. The van der Waals surface area contributed by atoms with Gasteiger partial charge < -0.3 is 4.90 Å². The van der Waals surface area contributed by atoms with Crippen molar-refractivity contribution in [3.05, 3.63) is 35.6 Å². The minimum absolute atomic E-state index is 0.134. The molecule has 1 heterocycles. The molecule has 0 radical (unpaired) electrons. The van der Waals surface area contributed by atoms with Gasteiger partial charge in [0.1, 0.15) is 5.82 Å². The lowest BCUT2D eigenvalue weighted by molar-refractivity contribution is -0.130. The summed E-state index contributed by atoms with van der Waals surface area (Å²) in [5.41, 5.74) is 0.772. The SMILES string of the molecule is CCC(=O)N1CCSC(c2ccccc2F)CC1. The van der Waals surface area contributed by atoms with Crippen LogP contribution in [0.5, 0.6) is 0 Å². The van der Waals surface area contributed by atoms with E-state index in [9.17, 15) is 9.18 Å². The van der Waals surface area contributed by atoms with Crippen molar-refractivity contribution in [2.24, 2.45) is 0 Å². The molecule has 0 spiro atoms. The summed E-state index contributed by atoms with van der Waals surface area (Å²) in [6.45, 7) is 3.40. The Labute approximate surface area is 112 Å². The normalized spacial score (nSPS) is 20.6. The van der Waals surface area contributed by atoms with Gasteiger partial charge in [-0.25, -0.2) is 4.39 Å². The van der Waals surface area contributed by atoms with Gasteiger partial charge in [0.25, 0.3) is 0 Å². The van der Waals surface area contributed by atoms with Crippen LogP contribution in [0.1, 0.15) is 30.6 Å². The van der Waals surface area contributed by atoms with Crippen LogP contribution >= 0.6 is 11.8 Å². The number of carbonyl (C=O) groups is 1. The molecule has 0 bridgehead atoms. The highest BCUT2D eigenvalue weighted by Gasteiger charge is 2.22. The maximum atomic E-state index is 13.7. The summed E-state index contributed by atoms with van der Waals surface area (Å²) in [5, 5.41) is 0.167. The van der Waals surface area contributed by atoms with E-state index >= 15 is 0 Å². The number of hydrogen-bond donors (Lipinski definition) is 0. The smallest absolute Gasteiger partial charge is 0.222 e. The van der Waals surface area contributed by atoms with Crippen molar-refractivity contribution in [3.63, 3.8) is 0 Å². The number of hydrogen-bond acceptors (Lipinski definition) is 2. The topological polar surface area (TPSA) is 20.3 Å². The van der Waals surface area contributed by atoms with Crippen LogP contribution in [0.25, 0.3) is 0 Å². The van der Waals surface area contributed by atoms with Crippen molar-refractivity contribution in [1.82, 2.24) is 4.90 Å². The first-order chi connectivity index (χ1) is 8.72. The van der Waals surface area contributed by atoms with Crippen molar-refractivity contribution >= 4 is 17.7 Å². The molecule has 2 nitrogen and oxygen atoms in total. The average molecular weight is 267 g/mol. The van der Waals surface area contributed by atoms with Gasteiger partial charge in [0.05, 0.1) is 0 Å². The van der Waals surface area contributed by atoms with Gasteiger partial charge in [0, 0.05) is 36.1 Å². The Kier molecular flexibility index (Phi) is 4.64. The van der Waals surface area contributed by atoms with E-state index in [1.54, 1.807) is 17.8 Å². The van der Waals surface area contributed by atoms with E-state index in [1.165, 1.54) is 6.07 Å². The Bertz CT molecular complexity index is 424. The van der Waals surface area contributed by atoms with Crippen molar-refractivity contribution in [2.45, 2.75) is 25.0 Å². The van der Waals surface area contributed by atoms with Gasteiger partial charge in [0.2, 0.25) is 5.91 Å². The quantitative estimate of drug-likeness (QED) is 0.820. The fourth-order valence-electron chi connectivity index (χ4n) is 2.23. The maximum absolute atomic E-state index is 13.7. The Balaban J connectivity index is 2.05. The van der Waals surface area contributed by atoms with E-state index in [4.69, 9.17) is 0 Å². The lowest BCUT2D eigenvalue weighted by atomic mass is 10.1. The highest BCUT2D eigenvalue weighted by Crippen LogP contribution is 2.35. The van der Waals surface area contributed by atoms with Crippen LogP contribution in [-0.2, 0) is 4.79 Å². The third kappa shape index (κ3) is 3.05. The van der Waals surface area contributed by atoms with E-state index in [0.717, 1.165) is 30.8 Å². The molecule has 1 amide bonds. The van der Waals surface area contributed by atoms with Crippen molar-refractivity contribution < 1.29 is 9.18 Å². The summed E-state index contributed by atoms with van der Waals surface area (Å²) in [4.78, 5) is 13.6. The molecule has 0 aliphatic carbocycles. The number of rotatable bonds is 2. The molecule has 1 fully saturated rings. The fourth-order valence-corrected chi connectivity index (χ4v) is 3.48. The van der Waals surface area contributed by atoms with Gasteiger partial charge in [-0.2, -0.15) is 11.8 Å². The van der Waals surface area contributed by atoms with Crippen LogP contribution in [0.15, 0.2) is 24.3 Å². The highest BCUT2D eigenvalue weighted by atomic mass is 32.2. The number of halogens is 1. The van der Waals surface area contributed by atoms with E-state index < -0.39 is 0 Å². The summed E-state index contributed by atoms with van der Waals surface area (Å²) in [6, 6.07) is 6.95. The minimum Gasteiger partial charge on any atom is -0.342 e. The molecule has 2 rings (SSSR count). The average Bonchev–Trinajstić information content (AvgIpc) is 2.64. The van der Waals surface area contributed by atoms with Crippen molar-refractivity contribution in [2.75, 3.05) is 18.8 Å². The van der Waals surface area contributed by atoms with Gasteiger partial charge in [-0.3, -0.25) is 4.79 Å². The first-order valence-electron chi connectivity index (χ1n) is 6.36. The predicted molar refractivity (Wildman–Crippen MR) is 73.1 cm³/mol. The monoisotopic (exact) mass is 267 g/mol. The van der Waals surface area contributed by atoms with E-state index in [-0.39, 0.29) is 17.0 Å². The van der Waals surface area contributed by atoms with Gasteiger partial charge in [-0.1, -0.05) is 25.1 Å². The Morgan fingerprint density at radius 2 is 2.22 bits per heavy atom.